The van der Waals surface area contributed by atoms with Crippen molar-refractivity contribution in [3.8, 4) is 0 Å². The van der Waals surface area contributed by atoms with Crippen LogP contribution in [0.3, 0.4) is 0 Å². The molecule has 0 bridgehead atoms. The average Bonchev–Trinajstić information content (AvgIpc) is 2.61. The summed E-state index contributed by atoms with van der Waals surface area (Å²) >= 11 is 12.4. The number of piperazine rings is 1. The highest BCUT2D eigenvalue weighted by Gasteiger charge is 2.23. The molecule has 1 aliphatic rings. The zero-order valence-corrected chi connectivity index (χ0v) is 16.1. The van der Waals surface area contributed by atoms with E-state index in [-0.39, 0.29) is 12.3 Å². The molecule has 1 amide bonds. The minimum Gasteiger partial charge on any atom is -0.368 e. The topological polar surface area (TPSA) is 23.6 Å². The van der Waals surface area contributed by atoms with Gasteiger partial charge >= 0.3 is 0 Å². The van der Waals surface area contributed by atoms with Gasteiger partial charge in [0, 0.05) is 41.9 Å². The van der Waals surface area contributed by atoms with Crippen LogP contribution in [0.5, 0.6) is 0 Å². The van der Waals surface area contributed by atoms with E-state index < -0.39 is 0 Å². The van der Waals surface area contributed by atoms with Gasteiger partial charge < -0.3 is 9.80 Å². The number of rotatable bonds is 3. The molecule has 0 aromatic heterocycles. The number of aryl methyl sites for hydroxylation is 1. The first-order valence-corrected chi connectivity index (χ1v) is 9.25. The number of nitrogens with zero attached hydrogens (tertiary/aromatic N) is 2. The summed E-state index contributed by atoms with van der Waals surface area (Å²) in [6.07, 6.45) is 0.252. The van der Waals surface area contributed by atoms with Crippen LogP contribution >= 0.6 is 23.2 Å². The molecule has 5 heteroatoms. The van der Waals surface area contributed by atoms with Gasteiger partial charge in [-0.05, 0) is 48.7 Å². The second-order valence-corrected chi connectivity index (χ2v) is 7.28. The van der Waals surface area contributed by atoms with Crippen LogP contribution in [0.4, 0.5) is 5.69 Å². The number of halogens is 2. The third kappa shape index (κ3) is 3.94. The van der Waals surface area contributed by atoms with Gasteiger partial charge in [0.25, 0.3) is 0 Å². The lowest BCUT2D eigenvalue weighted by atomic mass is 10.1. The standard InChI is InChI=1S/C20H22Cl2N2O/c1-14-5-3-8-19(15(14)2)23-9-11-24(12-10-23)20(25)13-16-17(21)6-4-7-18(16)22/h3-8H,9-13H2,1-2H3. The number of carbonyl (C=O) groups excluding carboxylic acids is 1. The van der Waals surface area contributed by atoms with Crippen molar-refractivity contribution in [2.45, 2.75) is 20.3 Å². The first-order chi connectivity index (χ1) is 12.0. The first kappa shape index (κ1) is 18.1. The normalized spacial score (nSPS) is 14.7. The molecule has 3 rings (SSSR count). The maximum Gasteiger partial charge on any atom is 0.227 e. The fourth-order valence-electron chi connectivity index (χ4n) is 3.24. The molecule has 0 unspecified atom stereocenters. The predicted octanol–water partition coefficient (Wildman–Crippen LogP) is 4.50. The fourth-order valence-corrected chi connectivity index (χ4v) is 3.77. The molecule has 0 atom stereocenters. The third-order valence-electron chi connectivity index (χ3n) is 4.94. The lowest BCUT2D eigenvalue weighted by molar-refractivity contribution is -0.130. The molecule has 0 aliphatic carbocycles. The number of carbonyl (C=O) groups is 1. The molecule has 3 nitrogen and oxygen atoms in total. The van der Waals surface area contributed by atoms with Crippen LogP contribution in [0, 0.1) is 13.8 Å². The van der Waals surface area contributed by atoms with Gasteiger partial charge in [-0.1, -0.05) is 41.4 Å². The summed E-state index contributed by atoms with van der Waals surface area (Å²) < 4.78 is 0. The Kier molecular flexibility index (Phi) is 5.55. The van der Waals surface area contributed by atoms with Gasteiger partial charge in [-0.25, -0.2) is 0 Å². The van der Waals surface area contributed by atoms with Crippen molar-refractivity contribution in [3.63, 3.8) is 0 Å². The molecule has 25 heavy (non-hydrogen) atoms. The van der Waals surface area contributed by atoms with Gasteiger partial charge in [0.15, 0.2) is 0 Å². The second kappa shape index (κ2) is 7.67. The fraction of sp³-hybridized carbons (Fsp3) is 0.350. The molecule has 132 valence electrons. The molecule has 0 radical (unpaired) electrons. The van der Waals surface area contributed by atoms with Gasteiger partial charge in [0.05, 0.1) is 6.42 Å². The zero-order valence-electron chi connectivity index (χ0n) is 14.6. The van der Waals surface area contributed by atoms with E-state index in [1.54, 1.807) is 18.2 Å². The van der Waals surface area contributed by atoms with Gasteiger partial charge in [-0.15, -0.1) is 0 Å². The number of hydrogen-bond acceptors (Lipinski definition) is 2. The van der Waals surface area contributed by atoms with E-state index in [0.29, 0.717) is 28.7 Å². The molecule has 1 fully saturated rings. The van der Waals surface area contributed by atoms with Crippen molar-refractivity contribution >= 4 is 34.8 Å². The summed E-state index contributed by atoms with van der Waals surface area (Å²) in [4.78, 5) is 16.9. The quantitative estimate of drug-likeness (QED) is 0.786. The van der Waals surface area contributed by atoms with E-state index in [0.717, 1.165) is 13.1 Å². The van der Waals surface area contributed by atoms with Gasteiger partial charge in [0.1, 0.15) is 0 Å². The van der Waals surface area contributed by atoms with Crippen LogP contribution < -0.4 is 4.90 Å². The second-order valence-electron chi connectivity index (χ2n) is 6.46. The van der Waals surface area contributed by atoms with Gasteiger partial charge in [-0.3, -0.25) is 4.79 Å². The van der Waals surface area contributed by atoms with Crippen molar-refractivity contribution in [3.05, 3.63) is 63.1 Å². The summed E-state index contributed by atoms with van der Waals surface area (Å²) in [6.45, 7) is 7.40. The Balaban J connectivity index is 1.64. The average molecular weight is 377 g/mol. The summed E-state index contributed by atoms with van der Waals surface area (Å²) in [6, 6.07) is 11.7. The van der Waals surface area contributed by atoms with Crippen molar-refractivity contribution < 1.29 is 4.79 Å². The highest BCUT2D eigenvalue weighted by Crippen LogP contribution is 2.26. The molecule has 2 aromatic rings. The van der Waals surface area contributed by atoms with E-state index >= 15 is 0 Å². The number of benzene rings is 2. The van der Waals surface area contributed by atoms with Crippen molar-refractivity contribution in [2.75, 3.05) is 31.1 Å². The highest BCUT2D eigenvalue weighted by molar-refractivity contribution is 6.36. The van der Waals surface area contributed by atoms with Crippen LogP contribution in [0.15, 0.2) is 36.4 Å². The summed E-state index contributed by atoms with van der Waals surface area (Å²) in [5, 5.41) is 1.10. The maximum absolute atomic E-state index is 12.6. The van der Waals surface area contributed by atoms with Crippen molar-refractivity contribution in [1.29, 1.82) is 0 Å². The molecule has 1 saturated heterocycles. The Morgan fingerprint density at radius 2 is 1.56 bits per heavy atom. The third-order valence-corrected chi connectivity index (χ3v) is 5.65. The number of amides is 1. The SMILES string of the molecule is Cc1cccc(N2CCN(C(=O)Cc3c(Cl)cccc3Cl)CC2)c1C. The van der Waals surface area contributed by atoms with Crippen LogP contribution in [0.1, 0.15) is 16.7 Å². The van der Waals surface area contributed by atoms with E-state index in [4.69, 9.17) is 23.2 Å². The molecule has 0 N–H and O–H groups in total. The minimum absolute atomic E-state index is 0.0793. The van der Waals surface area contributed by atoms with Crippen LogP contribution in [0.2, 0.25) is 10.0 Å². The Morgan fingerprint density at radius 3 is 2.20 bits per heavy atom. The molecule has 1 heterocycles. The summed E-state index contributed by atoms with van der Waals surface area (Å²) in [5.74, 6) is 0.0793. The van der Waals surface area contributed by atoms with E-state index in [1.807, 2.05) is 4.90 Å². The number of anilines is 1. The molecule has 1 aliphatic heterocycles. The lowest BCUT2D eigenvalue weighted by Crippen LogP contribution is -2.49. The van der Waals surface area contributed by atoms with E-state index in [1.165, 1.54) is 16.8 Å². The Labute approximate surface area is 159 Å². The Bertz CT molecular complexity index is 763. The predicted molar refractivity (Wildman–Crippen MR) is 105 cm³/mol. The Hall–Kier alpha value is -1.71. The molecule has 2 aromatic carbocycles. The highest BCUT2D eigenvalue weighted by atomic mass is 35.5. The van der Waals surface area contributed by atoms with Crippen LogP contribution in [-0.4, -0.2) is 37.0 Å². The zero-order chi connectivity index (χ0) is 18.0. The molecule has 0 saturated carbocycles. The van der Waals surface area contributed by atoms with Gasteiger partial charge in [-0.2, -0.15) is 0 Å². The van der Waals surface area contributed by atoms with Crippen molar-refractivity contribution in [1.82, 2.24) is 4.90 Å². The molecule has 0 spiro atoms. The molecular weight excluding hydrogens is 355 g/mol. The Morgan fingerprint density at radius 1 is 0.960 bits per heavy atom. The largest absolute Gasteiger partial charge is 0.368 e. The lowest BCUT2D eigenvalue weighted by Gasteiger charge is -2.37. The van der Waals surface area contributed by atoms with Crippen molar-refractivity contribution in [2.24, 2.45) is 0 Å². The van der Waals surface area contributed by atoms with Crippen LogP contribution in [-0.2, 0) is 11.2 Å². The van der Waals surface area contributed by atoms with Gasteiger partial charge in [0.2, 0.25) is 5.91 Å². The first-order valence-electron chi connectivity index (χ1n) is 8.49. The molecular formula is C20H22Cl2N2O. The maximum atomic E-state index is 12.6. The summed E-state index contributed by atoms with van der Waals surface area (Å²) in [7, 11) is 0. The van der Waals surface area contributed by atoms with E-state index in [2.05, 4.69) is 36.9 Å². The monoisotopic (exact) mass is 376 g/mol. The number of hydrogen-bond donors (Lipinski definition) is 0. The summed E-state index contributed by atoms with van der Waals surface area (Å²) in [5.41, 5.74) is 4.59. The van der Waals surface area contributed by atoms with E-state index in [9.17, 15) is 4.79 Å². The smallest absolute Gasteiger partial charge is 0.227 e. The van der Waals surface area contributed by atoms with Crippen LogP contribution in [0.25, 0.3) is 0 Å². The minimum atomic E-state index is 0.0793.